The maximum atomic E-state index is 12.2. The standard InChI is InChI=1S/C15H21N3OS/c1-9(2)4-5-10(3)17-14(19)11-6-7-12-13(8-11)20-15(16)18-12/h6-10H,4-5H2,1-3H3,(H2,16,18)(H,17,19). The van der Waals surface area contributed by atoms with Crippen molar-refractivity contribution in [3.8, 4) is 0 Å². The maximum absolute atomic E-state index is 12.2. The van der Waals surface area contributed by atoms with E-state index in [2.05, 4.69) is 24.1 Å². The van der Waals surface area contributed by atoms with Gasteiger partial charge in [0.25, 0.3) is 5.91 Å². The van der Waals surface area contributed by atoms with Crippen molar-refractivity contribution in [1.29, 1.82) is 0 Å². The molecule has 1 heterocycles. The highest BCUT2D eigenvalue weighted by atomic mass is 32.1. The number of rotatable bonds is 5. The number of hydrogen-bond donors (Lipinski definition) is 2. The molecule has 1 unspecified atom stereocenters. The molecule has 2 rings (SSSR count). The average molecular weight is 291 g/mol. The molecular weight excluding hydrogens is 270 g/mol. The quantitative estimate of drug-likeness (QED) is 0.886. The second kappa shape index (κ2) is 6.22. The maximum Gasteiger partial charge on any atom is 0.251 e. The minimum atomic E-state index is -0.0323. The first kappa shape index (κ1) is 14.8. The summed E-state index contributed by atoms with van der Waals surface area (Å²) in [5, 5.41) is 3.57. The zero-order chi connectivity index (χ0) is 14.7. The molecule has 0 fully saturated rings. The van der Waals surface area contributed by atoms with E-state index in [1.54, 1.807) is 6.07 Å². The van der Waals surface area contributed by atoms with Crippen molar-refractivity contribution >= 4 is 32.6 Å². The molecule has 0 aliphatic rings. The van der Waals surface area contributed by atoms with Crippen LogP contribution in [-0.2, 0) is 0 Å². The number of benzene rings is 1. The Bertz CT molecular complexity index is 606. The van der Waals surface area contributed by atoms with Gasteiger partial charge in [0.05, 0.1) is 10.2 Å². The van der Waals surface area contributed by atoms with Crippen LogP contribution in [0.5, 0.6) is 0 Å². The first-order chi connectivity index (χ1) is 9.45. The van der Waals surface area contributed by atoms with E-state index in [-0.39, 0.29) is 11.9 Å². The van der Waals surface area contributed by atoms with Crippen molar-refractivity contribution in [2.75, 3.05) is 5.73 Å². The molecule has 3 N–H and O–H groups in total. The van der Waals surface area contributed by atoms with E-state index < -0.39 is 0 Å². The van der Waals surface area contributed by atoms with E-state index >= 15 is 0 Å². The molecule has 0 saturated heterocycles. The van der Waals surface area contributed by atoms with Crippen molar-refractivity contribution < 1.29 is 4.79 Å². The molecule has 1 aromatic heterocycles. The van der Waals surface area contributed by atoms with Crippen LogP contribution in [0.4, 0.5) is 5.13 Å². The summed E-state index contributed by atoms with van der Waals surface area (Å²) in [7, 11) is 0. The molecule has 0 aliphatic heterocycles. The summed E-state index contributed by atoms with van der Waals surface area (Å²) in [5.74, 6) is 0.626. The summed E-state index contributed by atoms with van der Waals surface area (Å²) in [5.41, 5.74) is 7.18. The topological polar surface area (TPSA) is 68.0 Å². The molecule has 1 amide bonds. The van der Waals surface area contributed by atoms with Crippen LogP contribution in [0.15, 0.2) is 18.2 Å². The van der Waals surface area contributed by atoms with E-state index in [1.807, 2.05) is 19.1 Å². The van der Waals surface area contributed by atoms with Crippen molar-refractivity contribution in [3.05, 3.63) is 23.8 Å². The monoisotopic (exact) mass is 291 g/mol. The minimum Gasteiger partial charge on any atom is -0.375 e. The summed E-state index contributed by atoms with van der Waals surface area (Å²) in [4.78, 5) is 16.4. The highest BCUT2D eigenvalue weighted by Crippen LogP contribution is 2.24. The lowest BCUT2D eigenvalue weighted by atomic mass is 10.0. The molecule has 0 bridgehead atoms. The first-order valence-electron chi connectivity index (χ1n) is 6.92. The Kier molecular flexibility index (Phi) is 4.60. The average Bonchev–Trinajstić information content (AvgIpc) is 2.75. The summed E-state index contributed by atoms with van der Waals surface area (Å²) in [6, 6.07) is 5.68. The Balaban J connectivity index is 2.03. The molecule has 108 valence electrons. The Morgan fingerprint density at radius 3 is 2.80 bits per heavy atom. The third kappa shape index (κ3) is 3.70. The Hall–Kier alpha value is -1.62. The van der Waals surface area contributed by atoms with Gasteiger partial charge in [0, 0.05) is 11.6 Å². The first-order valence-corrected chi connectivity index (χ1v) is 7.74. The molecular formula is C15H21N3OS. The fourth-order valence-electron chi connectivity index (χ4n) is 2.05. The van der Waals surface area contributed by atoms with E-state index in [0.717, 1.165) is 23.1 Å². The molecule has 1 aromatic carbocycles. The number of nitrogen functional groups attached to an aromatic ring is 1. The normalized spacial score (nSPS) is 12.8. The van der Waals surface area contributed by atoms with Crippen LogP contribution in [0.3, 0.4) is 0 Å². The summed E-state index contributed by atoms with van der Waals surface area (Å²) in [6.45, 7) is 6.43. The molecule has 1 atom stereocenters. The Morgan fingerprint density at radius 1 is 1.35 bits per heavy atom. The van der Waals surface area contributed by atoms with Gasteiger partial charge in [0.15, 0.2) is 5.13 Å². The number of carbonyl (C=O) groups is 1. The smallest absolute Gasteiger partial charge is 0.251 e. The molecule has 5 heteroatoms. The van der Waals surface area contributed by atoms with E-state index in [9.17, 15) is 4.79 Å². The van der Waals surface area contributed by atoms with Gasteiger partial charge in [-0.1, -0.05) is 25.2 Å². The van der Waals surface area contributed by atoms with Crippen LogP contribution in [0, 0.1) is 5.92 Å². The number of aromatic nitrogens is 1. The number of nitrogens with two attached hydrogens (primary N) is 1. The van der Waals surface area contributed by atoms with Crippen LogP contribution in [0.1, 0.15) is 44.0 Å². The third-order valence-electron chi connectivity index (χ3n) is 3.22. The van der Waals surface area contributed by atoms with Gasteiger partial charge in [-0.15, -0.1) is 0 Å². The number of nitrogens with one attached hydrogen (secondary N) is 1. The molecule has 20 heavy (non-hydrogen) atoms. The van der Waals surface area contributed by atoms with E-state index in [4.69, 9.17) is 5.73 Å². The van der Waals surface area contributed by atoms with E-state index in [1.165, 1.54) is 11.3 Å². The molecule has 2 aromatic rings. The molecule has 0 radical (unpaired) electrons. The molecule has 0 aliphatic carbocycles. The summed E-state index contributed by atoms with van der Waals surface area (Å²) in [6.07, 6.45) is 2.12. The number of fused-ring (bicyclic) bond motifs is 1. The fraction of sp³-hybridized carbons (Fsp3) is 0.467. The van der Waals surface area contributed by atoms with Gasteiger partial charge in [-0.05, 0) is 43.9 Å². The van der Waals surface area contributed by atoms with E-state index in [0.29, 0.717) is 16.6 Å². The van der Waals surface area contributed by atoms with Crippen LogP contribution in [0.25, 0.3) is 10.2 Å². The number of nitrogens with zero attached hydrogens (tertiary/aromatic N) is 1. The third-order valence-corrected chi connectivity index (χ3v) is 4.07. The largest absolute Gasteiger partial charge is 0.375 e. The van der Waals surface area contributed by atoms with Gasteiger partial charge in [-0.2, -0.15) is 0 Å². The zero-order valence-corrected chi connectivity index (χ0v) is 13.0. The number of carbonyl (C=O) groups excluding carboxylic acids is 1. The summed E-state index contributed by atoms with van der Waals surface area (Å²) < 4.78 is 0.949. The van der Waals surface area contributed by atoms with Crippen molar-refractivity contribution in [3.63, 3.8) is 0 Å². The number of anilines is 1. The van der Waals surface area contributed by atoms with Crippen LogP contribution in [-0.4, -0.2) is 16.9 Å². The predicted octanol–water partition coefficient (Wildman–Crippen LogP) is 3.43. The molecule has 0 saturated carbocycles. The fourth-order valence-corrected chi connectivity index (χ4v) is 2.82. The van der Waals surface area contributed by atoms with Crippen LogP contribution >= 0.6 is 11.3 Å². The van der Waals surface area contributed by atoms with Crippen molar-refractivity contribution in [1.82, 2.24) is 10.3 Å². The van der Waals surface area contributed by atoms with Crippen molar-refractivity contribution in [2.45, 2.75) is 39.7 Å². The zero-order valence-electron chi connectivity index (χ0n) is 12.1. The van der Waals surface area contributed by atoms with Gasteiger partial charge in [0.2, 0.25) is 0 Å². The van der Waals surface area contributed by atoms with Gasteiger partial charge in [0.1, 0.15) is 0 Å². The Labute approximate surface area is 123 Å². The SMILES string of the molecule is CC(C)CCC(C)NC(=O)c1ccc2nc(N)sc2c1. The second-order valence-electron chi connectivity index (χ2n) is 5.58. The number of thiazole rings is 1. The Morgan fingerprint density at radius 2 is 2.10 bits per heavy atom. The molecule has 0 spiro atoms. The lowest BCUT2D eigenvalue weighted by Crippen LogP contribution is -2.32. The van der Waals surface area contributed by atoms with Crippen molar-refractivity contribution in [2.24, 2.45) is 5.92 Å². The lowest BCUT2D eigenvalue weighted by molar-refractivity contribution is 0.0937. The van der Waals surface area contributed by atoms with Gasteiger partial charge < -0.3 is 11.1 Å². The van der Waals surface area contributed by atoms with Gasteiger partial charge in [-0.25, -0.2) is 4.98 Å². The summed E-state index contributed by atoms with van der Waals surface area (Å²) >= 11 is 1.40. The highest BCUT2D eigenvalue weighted by molar-refractivity contribution is 7.22. The predicted molar refractivity (Wildman–Crippen MR) is 85.0 cm³/mol. The van der Waals surface area contributed by atoms with Crippen LogP contribution < -0.4 is 11.1 Å². The van der Waals surface area contributed by atoms with Gasteiger partial charge >= 0.3 is 0 Å². The number of amides is 1. The number of hydrogen-bond acceptors (Lipinski definition) is 4. The highest BCUT2D eigenvalue weighted by Gasteiger charge is 2.12. The minimum absolute atomic E-state index is 0.0323. The second-order valence-corrected chi connectivity index (χ2v) is 6.64. The lowest BCUT2D eigenvalue weighted by Gasteiger charge is -2.15. The van der Waals surface area contributed by atoms with Crippen LogP contribution in [0.2, 0.25) is 0 Å². The molecule has 4 nitrogen and oxygen atoms in total. The van der Waals surface area contributed by atoms with Gasteiger partial charge in [-0.3, -0.25) is 4.79 Å².